The summed E-state index contributed by atoms with van der Waals surface area (Å²) in [6.45, 7) is 2.56. The van der Waals surface area contributed by atoms with Crippen LogP contribution in [0, 0.1) is 0 Å². The van der Waals surface area contributed by atoms with Crippen molar-refractivity contribution in [3.8, 4) is 17.2 Å². The maximum atomic E-state index is 12.3. The van der Waals surface area contributed by atoms with Crippen LogP contribution in [0.3, 0.4) is 0 Å². The van der Waals surface area contributed by atoms with Crippen molar-refractivity contribution in [3.63, 3.8) is 0 Å². The molecule has 0 aliphatic carbocycles. The molecule has 0 atom stereocenters. The first-order chi connectivity index (χ1) is 14.1. The lowest BCUT2D eigenvalue weighted by Gasteiger charge is -2.19. The molecule has 0 aliphatic rings. The fourth-order valence-electron chi connectivity index (χ4n) is 3.13. The molecule has 0 aliphatic heterocycles. The van der Waals surface area contributed by atoms with Gasteiger partial charge in [-0.25, -0.2) is 0 Å². The second kappa shape index (κ2) is 9.14. The van der Waals surface area contributed by atoms with Crippen molar-refractivity contribution in [1.29, 1.82) is 0 Å². The van der Waals surface area contributed by atoms with E-state index in [4.69, 9.17) is 14.2 Å². The lowest BCUT2D eigenvalue weighted by molar-refractivity contribution is 0.392. The number of methoxy groups -OCH3 is 3. The topological polar surface area (TPSA) is 74.6 Å². The number of nitrogens with zero attached hydrogens (tertiary/aromatic N) is 2. The minimum Gasteiger partial charge on any atom is -0.497 e. The van der Waals surface area contributed by atoms with Gasteiger partial charge in [-0.15, -0.1) is 0 Å². The number of ether oxygens (including phenoxy) is 3. The van der Waals surface area contributed by atoms with Crippen LogP contribution in [0.1, 0.15) is 18.1 Å². The third kappa shape index (κ3) is 4.51. The van der Waals surface area contributed by atoms with Crippen LogP contribution in [-0.4, -0.2) is 30.9 Å². The Morgan fingerprint density at radius 1 is 1.00 bits per heavy atom. The minimum absolute atomic E-state index is 0.186. The number of nitrogens with one attached hydrogen (secondary N) is 1. The van der Waals surface area contributed by atoms with Gasteiger partial charge in [0, 0.05) is 17.7 Å². The standard InChI is InChI=1S/C22H25N3O4/c1-5-17-18(11-16(27-2)12-19(17)28-3)23-22-24-21(26)20(29-4)14-25(22)13-15-9-7-6-8-10-15/h6-12,14H,5,13H2,1-4H3,(H,23,24,26). The fraction of sp³-hybridized carbons (Fsp3) is 0.273. The first kappa shape index (κ1) is 20.3. The molecule has 3 rings (SSSR count). The first-order valence-corrected chi connectivity index (χ1v) is 9.30. The van der Waals surface area contributed by atoms with Crippen LogP contribution in [0.4, 0.5) is 11.6 Å². The Bertz CT molecular complexity index is 1030. The van der Waals surface area contributed by atoms with E-state index in [2.05, 4.69) is 10.3 Å². The highest BCUT2D eigenvalue weighted by Crippen LogP contribution is 2.34. The summed E-state index contributed by atoms with van der Waals surface area (Å²) < 4.78 is 17.9. The summed E-state index contributed by atoms with van der Waals surface area (Å²) in [5, 5.41) is 3.29. The van der Waals surface area contributed by atoms with Crippen LogP contribution in [0.5, 0.6) is 17.2 Å². The van der Waals surface area contributed by atoms with Gasteiger partial charge in [0.25, 0.3) is 0 Å². The van der Waals surface area contributed by atoms with E-state index in [1.165, 1.54) is 7.11 Å². The highest BCUT2D eigenvalue weighted by atomic mass is 16.5. The molecule has 1 aromatic heterocycles. The van der Waals surface area contributed by atoms with Crippen LogP contribution in [0.25, 0.3) is 0 Å². The molecule has 3 aromatic rings. The SMILES string of the molecule is CCc1c(Nc2nc(=O)c(OC)cn2Cc2ccccc2)cc(OC)cc1OC. The smallest absolute Gasteiger partial charge is 0.316 e. The molecular formula is C22H25N3O4. The van der Waals surface area contributed by atoms with Crippen molar-refractivity contribution < 1.29 is 14.2 Å². The van der Waals surface area contributed by atoms with Crippen molar-refractivity contribution in [2.45, 2.75) is 19.9 Å². The molecule has 0 fully saturated rings. The molecule has 29 heavy (non-hydrogen) atoms. The summed E-state index contributed by atoms with van der Waals surface area (Å²) in [6, 6.07) is 13.6. The average Bonchev–Trinajstić information content (AvgIpc) is 2.75. The summed E-state index contributed by atoms with van der Waals surface area (Å²) in [5.41, 5.74) is 2.36. The molecule has 1 heterocycles. The van der Waals surface area contributed by atoms with E-state index in [1.807, 2.05) is 54.0 Å². The van der Waals surface area contributed by atoms with Crippen molar-refractivity contribution in [2.75, 3.05) is 26.6 Å². The molecule has 1 N–H and O–H groups in total. The van der Waals surface area contributed by atoms with Gasteiger partial charge >= 0.3 is 5.56 Å². The number of aromatic nitrogens is 2. The number of rotatable bonds is 8. The fourth-order valence-corrected chi connectivity index (χ4v) is 3.13. The first-order valence-electron chi connectivity index (χ1n) is 9.30. The molecule has 2 aromatic carbocycles. The molecule has 7 heteroatoms. The van der Waals surface area contributed by atoms with E-state index in [0.29, 0.717) is 24.0 Å². The number of hydrogen-bond acceptors (Lipinski definition) is 6. The Labute approximate surface area is 169 Å². The van der Waals surface area contributed by atoms with Crippen LogP contribution >= 0.6 is 0 Å². The van der Waals surface area contributed by atoms with Gasteiger partial charge in [-0.3, -0.25) is 4.79 Å². The maximum Gasteiger partial charge on any atom is 0.316 e. The van der Waals surface area contributed by atoms with Crippen LogP contribution < -0.4 is 25.1 Å². The van der Waals surface area contributed by atoms with E-state index in [9.17, 15) is 4.79 Å². The zero-order chi connectivity index (χ0) is 20.8. The Morgan fingerprint density at radius 3 is 2.34 bits per heavy atom. The van der Waals surface area contributed by atoms with Gasteiger partial charge in [-0.1, -0.05) is 37.3 Å². The van der Waals surface area contributed by atoms with Crippen molar-refractivity contribution in [1.82, 2.24) is 9.55 Å². The highest BCUT2D eigenvalue weighted by Gasteiger charge is 2.15. The van der Waals surface area contributed by atoms with Crippen molar-refractivity contribution >= 4 is 11.6 Å². The molecule has 0 unspecified atom stereocenters. The van der Waals surface area contributed by atoms with E-state index >= 15 is 0 Å². The molecular weight excluding hydrogens is 370 g/mol. The minimum atomic E-state index is -0.438. The molecule has 0 spiro atoms. The second-order valence-corrected chi connectivity index (χ2v) is 6.39. The lowest BCUT2D eigenvalue weighted by atomic mass is 10.1. The lowest BCUT2D eigenvalue weighted by Crippen LogP contribution is -2.19. The third-order valence-electron chi connectivity index (χ3n) is 4.62. The summed E-state index contributed by atoms with van der Waals surface area (Å²) in [5.74, 6) is 1.95. The van der Waals surface area contributed by atoms with Gasteiger partial charge in [0.15, 0.2) is 0 Å². The zero-order valence-electron chi connectivity index (χ0n) is 17.1. The summed E-state index contributed by atoms with van der Waals surface area (Å²) >= 11 is 0. The Hall–Kier alpha value is -3.48. The molecule has 7 nitrogen and oxygen atoms in total. The largest absolute Gasteiger partial charge is 0.497 e. The molecule has 0 bridgehead atoms. The maximum absolute atomic E-state index is 12.3. The Morgan fingerprint density at radius 2 is 1.72 bits per heavy atom. The van der Waals surface area contributed by atoms with Gasteiger partial charge in [0.05, 0.1) is 39.8 Å². The van der Waals surface area contributed by atoms with Crippen LogP contribution in [-0.2, 0) is 13.0 Å². The summed E-state index contributed by atoms with van der Waals surface area (Å²) in [6.07, 6.45) is 2.39. The van der Waals surface area contributed by atoms with E-state index < -0.39 is 5.56 Å². The second-order valence-electron chi connectivity index (χ2n) is 6.39. The Balaban J connectivity index is 2.09. The zero-order valence-corrected chi connectivity index (χ0v) is 17.1. The third-order valence-corrected chi connectivity index (χ3v) is 4.62. The molecule has 0 saturated carbocycles. The number of anilines is 2. The van der Waals surface area contributed by atoms with E-state index in [0.717, 1.165) is 23.2 Å². The quantitative estimate of drug-likeness (QED) is 0.628. The van der Waals surface area contributed by atoms with Gasteiger partial charge in [-0.05, 0) is 12.0 Å². The van der Waals surface area contributed by atoms with E-state index in [1.54, 1.807) is 20.4 Å². The van der Waals surface area contributed by atoms with Gasteiger partial charge < -0.3 is 24.1 Å². The van der Waals surface area contributed by atoms with Gasteiger partial charge in [0.2, 0.25) is 11.7 Å². The average molecular weight is 395 g/mol. The predicted molar refractivity (Wildman–Crippen MR) is 113 cm³/mol. The molecule has 0 radical (unpaired) electrons. The number of hydrogen-bond donors (Lipinski definition) is 1. The highest BCUT2D eigenvalue weighted by molar-refractivity contribution is 5.66. The van der Waals surface area contributed by atoms with E-state index in [-0.39, 0.29) is 5.75 Å². The molecule has 152 valence electrons. The van der Waals surface area contributed by atoms with Crippen LogP contribution in [0.2, 0.25) is 0 Å². The normalized spacial score (nSPS) is 10.5. The monoisotopic (exact) mass is 395 g/mol. The Kier molecular flexibility index (Phi) is 6.39. The van der Waals surface area contributed by atoms with Crippen LogP contribution in [0.15, 0.2) is 53.5 Å². The number of benzene rings is 2. The molecule has 0 amide bonds. The van der Waals surface area contributed by atoms with Gasteiger partial charge in [-0.2, -0.15) is 4.98 Å². The van der Waals surface area contributed by atoms with Gasteiger partial charge in [0.1, 0.15) is 11.5 Å². The van der Waals surface area contributed by atoms with Crippen molar-refractivity contribution in [2.24, 2.45) is 0 Å². The summed E-state index contributed by atoms with van der Waals surface area (Å²) in [4.78, 5) is 16.5. The summed E-state index contributed by atoms with van der Waals surface area (Å²) in [7, 11) is 4.68. The molecule has 0 saturated heterocycles. The predicted octanol–water partition coefficient (Wildman–Crippen LogP) is 3.62. The van der Waals surface area contributed by atoms with Crippen molar-refractivity contribution in [3.05, 3.63) is 70.1 Å².